The van der Waals surface area contributed by atoms with Crippen LogP contribution in [0.3, 0.4) is 0 Å². The zero-order chi connectivity index (χ0) is 13.1. The van der Waals surface area contributed by atoms with Crippen LogP contribution >= 0.6 is 0 Å². The summed E-state index contributed by atoms with van der Waals surface area (Å²) in [4.78, 5) is 35.5. The normalized spacial score (nSPS) is 18.6. The van der Waals surface area contributed by atoms with Crippen molar-refractivity contribution < 1.29 is 19.1 Å². The van der Waals surface area contributed by atoms with Gasteiger partial charge in [0.15, 0.2) is 5.78 Å². The molecule has 1 aromatic rings. The summed E-state index contributed by atoms with van der Waals surface area (Å²) in [5.41, 5.74) is 0.792. The molecule has 0 aromatic heterocycles. The van der Waals surface area contributed by atoms with Crippen LogP contribution in [0.25, 0.3) is 0 Å². The molecule has 5 nitrogen and oxygen atoms in total. The minimum Gasteiger partial charge on any atom is -0.465 e. The van der Waals surface area contributed by atoms with Crippen LogP contribution in [-0.4, -0.2) is 24.3 Å². The molecule has 1 aliphatic rings. The molecule has 1 N–H and O–H groups in total. The summed E-state index contributed by atoms with van der Waals surface area (Å²) in [6.07, 6.45) is -0.174. The van der Waals surface area contributed by atoms with E-state index in [1.807, 2.05) is 0 Å². The Bertz CT molecular complexity index is 509. The molecule has 1 aliphatic heterocycles. The smallest absolute Gasteiger partial charge is 0.317 e. The van der Waals surface area contributed by atoms with E-state index >= 15 is 0 Å². The number of amides is 1. The number of ether oxygens (including phenoxy) is 1. The maximum Gasteiger partial charge on any atom is 0.317 e. The van der Waals surface area contributed by atoms with Crippen molar-refractivity contribution in [2.24, 2.45) is 5.92 Å². The van der Waals surface area contributed by atoms with Crippen molar-refractivity contribution in [2.75, 3.05) is 11.9 Å². The lowest BCUT2D eigenvalue weighted by atomic mass is 9.95. The summed E-state index contributed by atoms with van der Waals surface area (Å²) in [6, 6.07) is 6.64. The van der Waals surface area contributed by atoms with Crippen molar-refractivity contribution in [3.63, 3.8) is 0 Å². The van der Waals surface area contributed by atoms with Gasteiger partial charge in [-0.1, -0.05) is 12.1 Å². The molecule has 0 aliphatic carbocycles. The van der Waals surface area contributed by atoms with Crippen molar-refractivity contribution in [3.05, 3.63) is 29.8 Å². The standard InChI is InChI=1S/C13H13NO4/c1-2-18-13(17)9-7-11(15)14-10-6-4-3-5-8(10)12(9)16/h3-6,9H,2,7H2,1H3,(H,14,15)/t9-/m1/s1. The fraction of sp³-hybridized carbons (Fsp3) is 0.308. The van der Waals surface area contributed by atoms with Crippen molar-refractivity contribution >= 4 is 23.3 Å². The van der Waals surface area contributed by atoms with Crippen molar-refractivity contribution in [3.8, 4) is 0 Å². The van der Waals surface area contributed by atoms with E-state index in [9.17, 15) is 14.4 Å². The molecule has 0 spiro atoms. The molecule has 0 bridgehead atoms. The number of Topliss-reactive ketones (excluding diaryl/α,β-unsaturated/α-hetero) is 1. The molecule has 5 heteroatoms. The Balaban J connectivity index is 2.38. The fourth-order valence-corrected chi connectivity index (χ4v) is 1.91. The summed E-state index contributed by atoms with van der Waals surface area (Å²) >= 11 is 0. The van der Waals surface area contributed by atoms with Crippen LogP contribution in [0.1, 0.15) is 23.7 Å². The second-order valence-electron chi connectivity index (χ2n) is 3.97. The van der Waals surface area contributed by atoms with E-state index in [2.05, 4.69) is 5.32 Å². The molecule has 2 rings (SSSR count). The Kier molecular flexibility index (Phi) is 3.41. The van der Waals surface area contributed by atoms with Gasteiger partial charge in [0, 0.05) is 12.0 Å². The van der Waals surface area contributed by atoms with Gasteiger partial charge in [-0.25, -0.2) is 0 Å². The van der Waals surface area contributed by atoms with Crippen molar-refractivity contribution in [2.45, 2.75) is 13.3 Å². The molecule has 1 heterocycles. The second kappa shape index (κ2) is 5.00. The molecule has 1 aromatic carbocycles. The van der Waals surface area contributed by atoms with Gasteiger partial charge in [0.2, 0.25) is 5.91 Å². The van der Waals surface area contributed by atoms with Crippen LogP contribution in [0, 0.1) is 5.92 Å². The zero-order valence-electron chi connectivity index (χ0n) is 9.93. The molecule has 0 unspecified atom stereocenters. The maximum absolute atomic E-state index is 12.2. The number of hydrogen-bond donors (Lipinski definition) is 1. The number of fused-ring (bicyclic) bond motifs is 1. The Morgan fingerprint density at radius 3 is 2.83 bits per heavy atom. The number of benzene rings is 1. The molecule has 0 radical (unpaired) electrons. The van der Waals surface area contributed by atoms with Gasteiger partial charge in [-0.15, -0.1) is 0 Å². The third-order valence-electron chi connectivity index (χ3n) is 2.74. The first-order chi connectivity index (χ1) is 8.63. The molecule has 0 saturated carbocycles. The van der Waals surface area contributed by atoms with Gasteiger partial charge in [-0.3, -0.25) is 14.4 Å². The van der Waals surface area contributed by atoms with Gasteiger partial charge in [0.05, 0.1) is 12.3 Å². The molecular weight excluding hydrogens is 234 g/mol. The average molecular weight is 247 g/mol. The van der Waals surface area contributed by atoms with Gasteiger partial charge in [-0.05, 0) is 19.1 Å². The maximum atomic E-state index is 12.2. The Morgan fingerprint density at radius 2 is 2.11 bits per heavy atom. The van der Waals surface area contributed by atoms with E-state index in [1.165, 1.54) is 0 Å². The first kappa shape index (κ1) is 12.3. The van der Waals surface area contributed by atoms with E-state index in [-0.39, 0.29) is 24.7 Å². The van der Waals surface area contributed by atoms with Gasteiger partial charge in [0.25, 0.3) is 0 Å². The number of carbonyl (C=O) groups is 3. The summed E-state index contributed by atoms with van der Waals surface area (Å²) in [6.45, 7) is 1.85. The predicted octanol–water partition coefficient (Wildman–Crippen LogP) is 1.39. The summed E-state index contributed by atoms with van der Waals surface area (Å²) in [5, 5.41) is 2.61. The lowest BCUT2D eigenvalue weighted by Crippen LogP contribution is -2.27. The highest BCUT2D eigenvalue weighted by molar-refractivity contribution is 6.17. The fourth-order valence-electron chi connectivity index (χ4n) is 1.91. The molecule has 1 atom stereocenters. The largest absolute Gasteiger partial charge is 0.465 e. The number of hydrogen-bond acceptors (Lipinski definition) is 4. The third kappa shape index (κ3) is 2.25. The van der Waals surface area contributed by atoms with E-state index in [4.69, 9.17) is 4.74 Å². The first-order valence-electron chi connectivity index (χ1n) is 5.73. The summed E-state index contributed by atoms with van der Waals surface area (Å²) < 4.78 is 4.83. The van der Waals surface area contributed by atoms with Gasteiger partial charge in [0.1, 0.15) is 5.92 Å². The molecule has 0 saturated heterocycles. The Labute approximate surface area is 104 Å². The highest BCUT2D eigenvalue weighted by Crippen LogP contribution is 2.25. The quantitative estimate of drug-likeness (QED) is 0.633. The lowest BCUT2D eigenvalue weighted by Gasteiger charge is -2.10. The van der Waals surface area contributed by atoms with Gasteiger partial charge >= 0.3 is 5.97 Å². The highest BCUT2D eigenvalue weighted by Gasteiger charge is 2.35. The Morgan fingerprint density at radius 1 is 1.39 bits per heavy atom. The van der Waals surface area contributed by atoms with Crippen LogP contribution in [0.2, 0.25) is 0 Å². The minimum atomic E-state index is -1.05. The number of para-hydroxylation sites is 1. The molecule has 0 fully saturated rings. The monoisotopic (exact) mass is 247 g/mol. The average Bonchev–Trinajstić information content (AvgIpc) is 2.47. The summed E-state index contributed by atoms with van der Waals surface area (Å²) in [7, 11) is 0. The van der Waals surface area contributed by atoms with Crippen LogP contribution in [0.4, 0.5) is 5.69 Å². The molecule has 18 heavy (non-hydrogen) atoms. The van der Waals surface area contributed by atoms with Gasteiger partial charge in [-0.2, -0.15) is 0 Å². The summed E-state index contributed by atoms with van der Waals surface area (Å²) in [5.74, 6) is -2.42. The number of rotatable bonds is 2. The Hall–Kier alpha value is -2.17. The number of nitrogens with one attached hydrogen (secondary N) is 1. The highest BCUT2D eigenvalue weighted by atomic mass is 16.5. The van der Waals surface area contributed by atoms with Crippen LogP contribution in [-0.2, 0) is 14.3 Å². The van der Waals surface area contributed by atoms with E-state index in [1.54, 1.807) is 31.2 Å². The number of ketones is 1. The van der Waals surface area contributed by atoms with E-state index < -0.39 is 11.9 Å². The second-order valence-corrected chi connectivity index (χ2v) is 3.97. The number of anilines is 1. The first-order valence-corrected chi connectivity index (χ1v) is 5.73. The molecule has 94 valence electrons. The van der Waals surface area contributed by atoms with Crippen LogP contribution < -0.4 is 5.32 Å². The lowest BCUT2D eigenvalue weighted by molar-refractivity contribution is -0.147. The SMILES string of the molecule is CCOC(=O)[C@@H]1CC(=O)Nc2ccccc2C1=O. The van der Waals surface area contributed by atoms with Crippen molar-refractivity contribution in [1.29, 1.82) is 0 Å². The van der Waals surface area contributed by atoms with Crippen LogP contribution in [0.15, 0.2) is 24.3 Å². The van der Waals surface area contributed by atoms with Gasteiger partial charge < -0.3 is 10.1 Å². The third-order valence-corrected chi connectivity index (χ3v) is 2.74. The zero-order valence-corrected chi connectivity index (χ0v) is 9.93. The van der Waals surface area contributed by atoms with E-state index in [0.717, 1.165) is 0 Å². The minimum absolute atomic E-state index is 0.174. The number of carbonyl (C=O) groups excluding carboxylic acids is 3. The molecule has 1 amide bonds. The topological polar surface area (TPSA) is 72.5 Å². The van der Waals surface area contributed by atoms with Crippen LogP contribution in [0.5, 0.6) is 0 Å². The number of esters is 1. The van der Waals surface area contributed by atoms with Crippen molar-refractivity contribution in [1.82, 2.24) is 0 Å². The van der Waals surface area contributed by atoms with E-state index in [0.29, 0.717) is 11.3 Å². The predicted molar refractivity (Wildman–Crippen MR) is 64.1 cm³/mol. The molecular formula is C13H13NO4.